The number of β-amino-alcohol motifs (C(OH)–C–C–N with tert-alkyl or cyclic N) is 1. The maximum absolute atomic E-state index is 11.8. The molecule has 1 saturated heterocycles. The molecular formula is C12H27N3O5S. The average Bonchev–Trinajstić information content (AvgIpc) is 2.45. The molecule has 1 aliphatic rings. The lowest BCUT2D eigenvalue weighted by Gasteiger charge is -2.34. The fraction of sp³-hybridized carbons (Fsp3) is 1.00. The van der Waals surface area contributed by atoms with Gasteiger partial charge < -0.3 is 15.9 Å². The van der Waals surface area contributed by atoms with Crippen molar-refractivity contribution in [3.63, 3.8) is 0 Å². The SMILES string of the molecule is CC(N)(CO)COS(=O)(=O)CCN1CCN(CCO)CC1. The quantitative estimate of drug-likeness (QED) is 0.404. The second kappa shape index (κ2) is 8.37. The Morgan fingerprint density at radius 3 is 2.14 bits per heavy atom. The monoisotopic (exact) mass is 325 g/mol. The fourth-order valence-electron chi connectivity index (χ4n) is 1.95. The van der Waals surface area contributed by atoms with Crippen LogP contribution < -0.4 is 5.73 Å². The maximum atomic E-state index is 11.8. The lowest BCUT2D eigenvalue weighted by molar-refractivity contribution is 0.115. The second-order valence-corrected chi connectivity index (χ2v) is 7.50. The maximum Gasteiger partial charge on any atom is 0.268 e. The van der Waals surface area contributed by atoms with Crippen molar-refractivity contribution in [3.05, 3.63) is 0 Å². The highest BCUT2D eigenvalue weighted by Gasteiger charge is 2.23. The molecule has 0 amide bonds. The van der Waals surface area contributed by atoms with Crippen LogP contribution in [0.25, 0.3) is 0 Å². The first-order valence-electron chi connectivity index (χ1n) is 7.10. The smallest absolute Gasteiger partial charge is 0.268 e. The summed E-state index contributed by atoms with van der Waals surface area (Å²) in [6, 6.07) is 0. The molecule has 0 saturated carbocycles. The van der Waals surface area contributed by atoms with E-state index < -0.39 is 15.7 Å². The van der Waals surface area contributed by atoms with Crippen molar-refractivity contribution in [2.24, 2.45) is 5.73 Å². The molecule has 1 heterocycles. The van der Waals surface area contributed by atoms with Gasteiger partial charge in [0.2, 0.25) is 0 Å². The van der Waals surface area contributed by atoms with Crippen LogP contribution in [0.1, 0.15) is 6.92 Å². The topological polar surface area (TPSA) is 116 Å². The van der Waals surface area contributed by atoms with Crippen LogP contribution in [0.5, 0.6) is 0 Å². The summed E-state index contributed by atoms with van der Waals surface area (Å²) in [6.45, 7) is 5.39. The van der Waals surface area contributed by atoms with Gasteiger partial charge in [0.15, 0.2) is 0 Å². The van der Waals surface area contributed by atoms with E-state index in [1.54, 1.807) is 0 Å². The summed E-state index contributed by atoms with van der Waals surface area (Å²) >= 11 is 0. The highest BCUT2D eigenvalue weighted by Crippen LogP contribution is 2.05. The highest BCUT2D eigenvalue weighted by atomic mass is 32.2. The van der Waals surface area contributed by atoms with E-state index in [4.69, 9.17) is 20.1 Å². The van der Waals surface area contributed by atoms with E-state index in [9.17, 15) is 8.42 Å². The van der Waals surface area contributed by atoms with Gasteiger partial charge >= 0.3 is 0 Å². The van der Waals surface area contributed by atoms with Crippen molar-refractivity contribution < 1.29 is 22.8 Å². The van der Waals surface area contributed by atoms with E-state index in [2.05, 4.69) is 9.80 Å². The molecule has 126 valence electrons. The summed E-state index contributed by atoms with van der Waals surface area (Å²) in [5.74, 6) is -0.0888. The Hall–Kier alpha value is -0.290. The Balaban J connectivity index is 2.28. The zero-order chi connectivity index (χ0) is 15.9. The molecule has 1 aliphatic heterocycles. The van der Waals surface area contributed by atoms with Gasteiger partial charge in [-0.05, 0) is 6.92 Å². The van der Waals surface area contributed by atoms with Gasteiger partial charge in [-0.2, -0.15) is 8.42 Å². The molecule has 21 heavy (non-hydrogen) atoms. The predicted molar refractivity (Wildman–Crippen MR) is 79.4 cm³/mol. The third kappa shape index (κ3) is 7.50. The number of aliphatic hydroxyl groups excluding tert-OH is 2. The predicted octanol–water partition coefficient (Wildman–Crippen LogP) is -2.35. The zero-order valence-electron chi connectivity index (χ0n) is 12.6. The number of hydrogen-bond donors (Lipinski definition) is 3. The van der Waals surface area contributed by atoms with Crippen LogP contribution in [-0.4, -0.2) is 98.8 Å². The van der Waals surface area contributed by atoms with Crippen molar-refractivity contribution >= 4 is 10.1 Å². The molecule has 0 aliphatic carbocycles. The molecule has 1 fully saturated rings. The molecule has 9 heteroatoms. The van der Waals surface area contributed by atoms with Crippen molar-refractivity contribution in [3.8, 4) is 0 Å². The molecule has 0 spiro atoms. The first kappa shape index (κ1) is 18.8. The number of nitrogens with two attached hydrogens (primary N) is 1. The van der Waals surface area contributed by atoms with Gasteiger partial charge in [-0.3, -0.25) is 14.0 Å². The third-order valence-corrected chi connectivity index (χ3v) is 4.63. The van der Waals surface area contributed by atoms with Gasteiger partial charge in [0.1, 0.15) is 0 Å². The van der Waals surface area contributed by atoms with E-state index >= 15 is 0 Å². The molecule has 0 bridgehead atoms. The molecule has 0 aromatic heterocycles. The van der Waals surface area contributed by atoms with Gasteiger partial charge in [0.25, 0.3) is 10.1 Å². The van der Waals surface area contributed by atoms with E-state index in [1.165, 1.54) is 6.92 Å². The molecule has 1 rings (SSSR count). The van der Waals surface area contributed by atoms with Crippen LogP contribution in [0.4, 0.5) is 0 Å². The standard InChI is InChI=1S/C12H27N3O5S/c1-12(13,10-17)11-20-21(18,19)9-7-15-4-2-14(3-5-15)6-8-16/h16-17H,2-11,13H2,1H3. The summed E-state index contributed by atoms with van der Waals surface area (Å²) in [7, 11) is -3.63. The van der Waals surface area contributed by atoms with Gasteiger partial charge in [-0.1, -0.05) is 0 Å². The molecule has 1 atom stereocenters. The number of nitrogens with zero attached hydrogens (tertiary/aromatic N) is 2. The summed E-state index contributed by atoms with van der Waals surface area (Å²) in [6.07, 6.45) is 0. The van der Waals surface area contributed by atoms with Crippen LogP contribution in [0, 0.1) is 0 Å². The average molecular weight is 325 g/mol. The third-order valence-electron chi connectivity index (χ3n) is 3.47. The lowest BCUT2D eigenvalue weighted by atomic mass is 10.1. The van der Waals surface area contributed by atoms with Crippen molar-refractivity contribution in [1.82, 2.24) is 9.80 Å². The first-order valence-corrected chi connectivity index (χ1v) is 8.68. The second-order valence-electron chi connectivity index (χ2n) is 5.74. The summed E-state index contributed by atoms with van der Waals surface area (Å²) < 4.78 is 28.4. The molecule has 4 N–H and O–H groups in total. The summed E-state index contributed by atoms with van der Waals surface area (Å²) in [4.78, 5) is 4.20. The molecular weight excluding hydrogens is 298 g/mol. The van der Waals surface area contributed by atoms with E-state index in [1.807, 2.05) is 0 Å². The van der Waals surface area contributed by atoms with Gasteiger partial charge in [-0.25, -0.2) is 0 Å². The normalized spacial score (nSPS) is 21.3. The minimum atomic E-state index is -3.63. The van der Waals surface area contributed by atoms with Crippen molar-refractivity contribution in [1.29, 1.82) is 0 Å². The van der Waals surface area contributed by atoms with Gasteiger partial charge in [0.05, 0.1) is 31.1 Å². The minimum absolute atomic E-state index is 0.0888. The molecule has 8 nitrogen and oxygen atoms in total. The Bertz CT molecular complexity index is 394. The largest absolute Gasteiger partial charge is 0.395 e. The minimum Gasteiger partial charge on any atom is -0.395 e. The van der Waals surface area contributed by atoms with E-state index in [0.29, 0.717) is 13.1 Å². The number of rotatable bonds is 9. The van der Waals surface area contributed by atoms with Crippen LogP contribution in [0.15, 0.2) is 0 Å². The fourth-order valence-corrected chi connectivity index (χ4v) is 3.00. The summed E-state index contributed by atoms with van der Waals surface area (Å²) in [5, 5.41) is 17.8. The Morgan fingerprint density at radius 2 is 1.67 bits per heavy atom. The summed E-state index contributed by atoms with van der Waals surface area (Å²) in [5.41, 5.74) is 4.58. The van der Waals surface area contributed by atoms with Crippen LogP contribution in [0.3, 0.4) is 0 Å². The number of aliphatic hydroxyl groups is 2. The van der Waals surface area contributed by atoms with E-state index in [0.717, 1.165) is 26.2 Å². The number of hydrogen-bond acceptors (Lipinski definition) is 8. The molecule has 1 unspecified atom stereocenters. The van der Waals surface area contributed by atoms with Gasteiger partial charge in [0, 0.05) is 39.3 Å². The Kier molecular flexibility index (Phi) is 7.48. The Labute approximate surface area is 126 Å². The Morgan fingerprint density at radius 1 is 1.14 bits per heavy atom. The highest BCUT2D eigenvalue weighted by molar-refractivity contribution is 7.86. The molecule has 0 aromatic rings. The van der Waals surface area contributed by atoms with Crippen molar-refractivity contribution in [2.45, 2.75) is 12.5 Å². The van der Waals surface area contributed by atoms with Crippen LogP contribution >= 0.6 is 0 Å². The number of piperazine rings is 1. The van der Waals surface area contributed by atoms with Crippen LogP contribution in [0.2, 0.25) is 0 Å². The van der Waals surface area contributed by atoms with Gasteiger partial charge in [-0.15, -0.1) is 0 Å². The molecule has 0 radical (unpaired) electrons. The van der Waals surface area contributed by atoms with Crippen LogP contribution in [-0.2, 0) is 14.3 Å². The molecule has 0 aromatic carbocycles. The lowest BCUT2D eigenvalue weighted by Crippen LogP contribution is -2.48. The van der Waals surface area contributed by atoms with E-state index in [-0.39, 0.29) is 25.6 Å². The van der Waals surface area contributed by atoms with Crippen molar-refractivity contribution in [2.75, 3.05) is 64.8 Å². The zero-order valence-corrected chi connectivity index (χ0v) is 13.4. The first-order chi connectivity index (χ1) is 9.78.